The maximum absolute atomic E-state index is 6.32. The number of likely N-dealkylation sites (N-methyl/N-ethyl adjacent to an activating group) is 1. The van der Waals surface area contributed by atoms with E-state index < -0.39 is 0 Å². The molecule has 1 aliphatic rings. The molecule has 7 heteroatoms. The third-order valence-electron chi connectivity index (χ3n) is 5.96. The number of anilines is 1. The van der Waals surface area contributed by atoms with Crippen LogP contribution >= 0.6 is 0 Å². The Balaban J connectivity index is 1.69. The Kier molecular flexibility index (Phi) is 6.08. The molecule has 1 atom stereocenters. The number of fused-ring (bicyclic) bond motifs is 1. The van der Waals surface area contributed by atoms with Crippen LogP contribution in [0.5, 0.6) is 0 Å². The molecule has 0 fully saturated rings. The number of hydrogen-bond donors (Lipinski definition) is 1. The smallest absolute Gasteiger partial charge is 0.182 e. The zero-order valence-corrected chi connectivity index (χ0v) is 18.2. The van der Waals surface area contributed by atoms with Gasteiger partial charge in [0, 0.05) is 36.4 Å². The third-order valence-corrected chi connectivity index (χ3v) is 5.96. The Morgan fingerprint density at radius 3 is 2.87 bits per heavy atom. The number of aromatic nitrogens is 5. The van der Waals surface area contributed by atoms with E-state index in [4.69, 9.17) is 10.7 Å². The van der Waals surface area contributed by atoms with Gasteiger partial charge in [0.15, 0.2) is 17.0 Å². The lowest BCUT2D eigenvalue weighted by atomic mass is 9.97. The zero-order chi connectivity index (χ0) is 21.1. The summed E-state index contributed by atoms with van der Waals surface area (Å²) in [5.41, 5.74) is 11.9. The molecule has 0 amide bonds. The van der Waals surface area contributed by atoms with Crippen molar-refractivity contribution in [3.8, 4) is 11.4 Å². The Labute approximate surface area is 178 Å². The molecule has 0 spiro atoms. The standard InChI is InChI=1S/C23H31N7/c1-4-7-16(5-2)14-30-23-21(27-28-30)13-25-22(26-23)17-9-10-20(24)19(12-17)18-8-6-11-29(3)15-18/h8-10,12-13,16H,4-7,11,14-15,24H2,1-3H3. The van der Waals surface area contributed by atoms with Crippen molar-refractivity contribution in [1.29, 1.82) is 0 Å². The molecule has 7 nitrogen and oxygen atoms in total. The molecule has 158 valence electrons. The second-order valence-corrected chi connectivity index (χ2v) is 8.29. The van der Waals surface area contributed by atoms with Crippen LogP contribution in [0.4, 0.5) is 5.69 Å². The van der Waals surface area contributed by atoms with Crippen molar-refractivity contribution in [2.24, 2.45) is 5.92 Å². The van der Waals surface area contributed by atoms with Gasteiger partial charge >= 0.3 is 0 Å². The predicted molar refractivity (Wildman–Crippen MR) is 122 cm³/mol. The van der Waals surface area contributed by atoms with Crippen LogP contribution in [0, 0.1) is 5.92 Å². The molecule has 3 aromatic rings. The lowest BCUT2D eigenvalue weighted by molar-refractivity contribution is 0.373. The van der Waals surface area contributed by atoms with Gasteiger partial charge in [-0.15, -0.1) is 5.10 Å². The Hall–Kier alpha value is -2.80. The van der Waals surface area contributed by atoms with E-state index in [2.05, 4.69) is 53.2 Å². The first-order valence-corrected chi connectivity index (χ1v) is 10.9. The van der Waals surface area contributed by atoms with E-state index in [9.17, 15) is 0 Å². The Morgan fingerprint density at radius 1 is 1.23 bits per heavy atom. The molecule has 0 radical (unpaired) electrons. The summed E-state index contributed by atoms with van der Waals surface area (Å²) in [6, 6.07) is 6.06. The van der Waals surface area contributed by atoms with Gasteiger partial charge in [-0.1, -0.05) is 38.0 Å². The monoisotopic (exact) mass is 405 g/mol. The number of nitrogen functional groups attached to an aromatic ring is 1. The average molecular weight is 406 g/mol. The fraction of sp³-hybridized carbons (Fsp3) is 0.478. The molecule has 1 aromatic carbocycles. The second-order valence-electron chi connectivity index (χ2n) is 8.29. The minimum absolute atomic E-state index is 0.580. The molecule has 2 N–H and O–H groups in total. The summed E-state index contributed by atoms with van der Waals surface area (Å²) in [5, 5.41) is 8.61. The lowest BCUT2D eigenvalue weighted by Crippen LogP contribution is -2.25. The molecule has 30 heavy (non-hydrogen) atoms. The largest absolute Gasteiger partial charge is 0.398 e. The van der Waals surface area contributed by atoms with E-state index in [1.54, 1.807) is 6.20 Å². The molecular formula is C23H31N7. The van der Waals surface area contributed by atoms with Gasteiger partial charge in [0.25, 0.3) is 0 Å². The van der Waals surface area contributed by atoms with Crippen LogP contribution in [0.3, 0.4) is 0 Å². The zero-order valence-electron chi connectivity index (χ0n) is 18.2. The second kappa shape index (κ2) is 8.92. The fourth-order valence-corrected chi connectivity index (χ4v) is 4.17. The summed E-state index contributed by atoms with van der Waals surface area (Å²) in [6.07, 6.45) is 8.57. The number of nitrogens with zero attached hydrogens (tertiary/aromatic N) is 6. The summed E-state index contributed by atoms with van der Waals surface area (Å²) >= 11 is 0. The van der Waals surface area contributed by atoms with E-state index in [0.29, 0.717) is 11.7 Å². The Morgan fingerprint density at radius 2 is 2.10 bits per heavy atom. The minimum Gasteiger partial charge on any atom is -0.398 e. The van der Waals surface area contributed by atoms with Gasteiger partial charge in [-0.3, -0.25) is 0 Å². The summed E-state index contributed by atoms with van der Waals surface area (Å²) in [4.78, 5) is 11.7. The average Bonchev–Trinajstić information content (AvgIpc) is 3.15. The van der Waals surface area contributed by atoms with Crippen molar-refractivity contribution in [2.45, 2.75) is 46.1 Å². The molecule has 2 aromatic heterocycles. The van der Waals surface area contributed by atoms with Crippen LogP contribution < -0.4 is 5.73 Å². The molecule has 0 aliphatic carbocycles. The highest BCUT2D eigenvalue weighted by Crippen LogP contribution is 2.29. The summed E-state index contributed by atoms with van der Waals surface area (Å²) in [6.45, 7) is 7.27. The highest BCUT2D eigenvalue weighted by atomic mass is 15.4. The van der Waals surface area contributed by atoms with Gasteiger partial charge in [0.1, 0.15) is 0 Å². The molecule has 3 heterocycles. The van der Waals surface area contributed by atoms with Crippen LogP contribution in [0.15, 0.2) is 30.5 Å². The third kappa shape index (κ3) is 4.21. The first-order valence-electron chi connectivity index (χ1n) is 10.9. The quantitative estimate of drug-likeness (QED) is 0.598. The fourth-order valence-electron chi connectivity index (χ4n) is 4.17. The molecule has 0 bridgehead atoms. The minimum atomic E-state index is 0.580. The maximum Gasteiger partial charge on any atom is 0.182 e. The number of rotatable bonds is 7. The van der Waals surface area contributed by atoms with Gasteiger partial charge in [-0.25, -0.2) is 14.6 Å². The molecule has 0 saturated heterocycles. The van der Waals surface area contributed by atoms with Gasteiger partial charge in [0.05, 0.1) is 6.20 Å². The molecular weight excluding hydrogens is 374 g/mol. The van der Waals surface area contributed by atoms with Gasteiger partial charge in [-0.05, 0) is 49.6 Å². The number of nitrogens with two attached hydrogens (primary N) is 1. The molecule has 1 unspecified atom stereocenters. The van der Waals surface area contributed by atoms with E-state index >= 15 is 0 Å². The van der Waals surface area contributed by atoms with Crippen LogP contribution in [-0.2, 0) is 6.54 Å². The summed E-state index contributed by atoms with van der Waals surface area (Å²) in [5.74, 6) is 1.26. The van der Waals surface area contributed by atoms with Gasteiger partial charge in [-0.2, -0.15) is 0 Å². The van der Waals surface area contributed by atoms with E-state index in [1.807, 2.05) is 16.8 Å². The predicted octanol–water partition coefficient (Wildman–Crippen LogP) is 4.02. The molecule has 4 rings (SSSR count). The normalized spacial score (nSPS) is 16.0. The molecule has 1 aliphatic heterocycles. The number of hydrogen-bond acceptors (Lipinski definition) is 6. The van der Waals surface area contributed by atoms with Crippen molar-refractivity contribution in [1.82, 2.24) is 29.9 Å². The summed E-state index contributed by atoms with van der Waals surface area (Å²) in [7, 11) is 2.14. The highest BCUT2D eigenvalue weighted by Gasteiger charge is 2.16. The van der Waals surface area contributed by atoms with Crippen molar-refractivity contribution in [3.63, 3.8) is 0 Å². The van der Waals surface area contributed by atoms with Crippen LogP contribution in [0.25, 0.3) is 28.1 Å². The van der Waals surface area contributed by atoms with E-state index in [1.165, 1.54) is 18.4 Å². The van der Waals surface area contributed by atoms with Crippen molar-refractivity contribution >= 4 is 22.4 Å². The lowest BCUT2D eigenvalue weighted by Gasteiger charge is -2.24. The Bertz CT molecular complexity index is 1050. The number of benzene rings is 1. The van der Waals surface area contributed by atoms with Crippen molar-refractivity contribution in [3.05, 3.63) is 36.0 Å². The van der Waals surface area contributed by atoms with Gasteiger partial charge in [0.2, 0.25) is 0 Å². The first kappa shape index (κ1) is 20.5. The van der Waals surface area contributed by atoms with Crippen LogP contribution in [0.2, 0.25) is 0 Å². The topological polar surface area (TPSA) is 85.8 Å². The maximum atomic E-state index is 6.32. The SMILES string of the molecule is CCCC(CC)Cn1nnc2cnc(-c3ccc(N)c(C4=CCCN(C)C4)c3)nc21. The van der Waals surface area contributed by atoms with E-state index in [0.717, 1.165) is 60.5 Å². The van der Waals surface area contributed by atoms with Crippen LogP contribution in [-0.4, -0.2) is 50.0 Å². The van der Waals surface area contributed by atoms with E-state index in [-0.39, 0.29) is 0 Å². The highest BCUT2D eigenvalue weighted by molar-refractivity contribution is 5.80. The van der Waals surface area contributed by atoms with Crippen LogP contribution in [0.1, 0.15) is 45.1 Å². The van der Waals surface area contributed by atoms with Crippen molar-refractivity contribution < 1.29 is 0 Å². The van der Waals surface area contributed by atoms with Gasteiger partial charge < -0.3 is 10.6 Å². The molecule has 0 saturated carbocycles. The summed E-state index contributed by atoms with van der Waals surface area (Å²) < 4.78 is 1.93. The van der Waals surface area contributed by atoms with Crippen molar-refractivity contribution in [2.75, 3.05) is 25.9 Å². The first-order chi connectivity index (χ1) is 14.6.